The molecule has 7 aliphatic rings. The molecule has 6 bridgehead atoms. The van der Waals surface area contributed by atoms with Crippen LogP contribution in [0.2, 0.25) is 18.1 Å². The lowest BCUT2D eigenvalue weighted by atomic mass is 9.90. The van der Waals surface area contributed by atoms with E-state index in [4.69, 9.17) is 37.6 Å². The average Bonchev–Trinajstić information content (AvgIpc) is 4.00. The number of carbonyl (C=O) groups is 1. The van der Waals surface area contributed by atoms with Gasteiger partial charge in [-0.2, -0.15) is 0 Å². The first-order chi connectivity index (χ1) is 30.9. The van der Waals surface area contributed by atoms with E-state index < -0.39 is 25.7 Å². The highest BCUT2D eigenvalue weighted by molar-refractivity contribution is 6.74. The molecule has 7 rings (SSSR count). The van der Waals surface area contributed by atoms with Crippen molar-refractivity contribution >= 4 is 14.3 Å². The number of fused-ring (bicyclic) bond motifs is 6. The van der Waals surface area contributed by atoms with Gasteiger partial charge < -0.3 is 37.6 Å². The van der Waals surface area contributed by atoms with Crippen LogP contribution in [-0.4, -0.2) is 80.5 Å². The number of carbonyl (C=O) groups excluding carboxylic acids is 1. The van der Waals surface area contributed by atoms with E-state index in [9.17, 15) is 4.79 Å². The van der Waals surface area contributed by atoms with Gasteiger partial charge in [0.1, 0.15) is 6.10 Å². The van der Waals surface area contributed by atoms with Gasteiger partial charge in [0.15, 0.2) is 25.7 Å². The summed E-state index contributed by atoms with van der Waals surface area (Å²) in [5.74, 6) is -1.63. The van der Waals surface area contributed by atoms with Gasteiger partial charge in [0.05, 0.1) is 36.6 Å². The molecule has 0 aromatic carbocycles. The minimum atomic E-state index is -2.19. The Balaban J connectivity index is 1.18. The van der Waals surface area contributed by atoms with Gasteiger partial charge in [-0.3, -0.25) is 0 Å². The molecule has 4 heterocycles. The molecule has 3 spiro atoms. The molecule has 3 aliphatic carbocycles. The van der Waals surface area contributed by atoms with Crippen LogP contribution in [0.15, 0.2) is 72.9 Å². The van der Waals surface area contributed by atoms with Crippen LogP contribution in [0.4, 0.5) is 0 Å². The predicted octanol–water partition coefficient (Wildman–Crippen LogP) is 13.1. The first-order valence-corrected chi connectivity index (χ1v) is 28.8. The molecule has 4 aliphatic heterocycles. The zero-order chi connectivity index (χ0) is 46.3. The normalized spacial score (nSPS) is 38.6. The van der Waals surface area contributed by atoms with E-state index in [1.807, 2.05) is 30.4 Å². The monoisotopic (exact) mass is 919 g/mol. The number of rotatable bonds is 3. The summed E-state index contributed by atoms with van der Waals surface area (Å²) in [6, 6.07) is 0. The van der Waals surface area contributed by atoms with E-state index in [-0.39, 0.29) is 77.6 Å². The quantitative estimate of drug-likeness (QED) is 0.156. The molecule has 65 heavy (non-hydrogen) atoms. The molecular weight excluding hydrogens is 833 g/mol. The Morgan fingerprint density at radius 3 is 1.57 bits per heavy atom. The molecule has 6 fully saturated rings. The van der Waals surface area contributed by atoms with E-state index in [1.54, 1.807) is 6.08 Å². The Hall–Kier alpha value is -2.15. The third-order valence-electron chi connectivity index (χ3n) is 15.8. The maximum Gasteiger partial charge on any atom is 0.331 e. The van der Waals surface area contributed by atoms with Crippen LogP contribution in [-0.2, 0) is 42.4 Å². The second-order valence-electron chi connectivity index (χ2n) is 22.7. The maximum atomic E-state index is 13.0. The largest absolute Gasteiger partial charge is 0.458 e. The summed E-state index contributed by atoms with van der Waals surface area (Å²) >= 11 is 0. The first kappa shape index (κ1) is 50.7. The number of cyclic esters (lactones) is 1. The second kappa shape index (κ2) is 22.1. The van der Waals surface area contributed by atoms with E-state index in [1.165, 1.54) is 6.08 Å². The predicted molar refractivity (Wildman–Crippen MR) is 260 cm³/mol. The standard InChI is InChI=1S/C55H86O9Si/c1-40(2)51-42(4)26-27-43-34-44(59-53(58-43)28-18-19-29-53)37-48(64-65(8,9)52(5,6)7)38-46-35-45(60-54(61-46)30-20-21-31-54)36-47-39-49(63-55(62-47)32-22-23-33-55)41(3)24-16-14-12-10-11-13-15-17-25-50(56)57-51/h10-17,24-27,40-49,51H,18-23,28-39H2,1-9H3/b11-10+,14-12+,15-13+,24-16+,25-17+,27-26?/t41-,42-,43-,44-,45+,46+,47+,48+,49+,51?/m0/s1. The lowest BCUT2D eigenvalue weighted by molar-refractivity contribution is -0.342. The van der Waals surface area contributed by atoms with Crippen LogP contribution in [0, 0.1) is 17.8 Å². The van der Waals surface area contributed by atoms with Gasteiger partial charge >= 0.3 is 5.97 Å². The minimum Gasteiger partial charge on any atom is -0.458 e. The van der Waals surface area contributed by atoms with Crippen LogP contribution in [0.1, 0.15) is 164 Å². The van der Waals surface area contributed by atoms with E-state index in [2.05, 4.69) is 91.9 Å². The number of hydrogen-bond donors (Lipinski definition) is 0. The smallest absolute Gasteiger partial charge is 0.331 e. The van der Waals surface area contributed by atoms with Gasteiger partial charge in [-0.1, -0.05) is 115 Å². The fourth-order valence-corrected chi connectivity index (χ4v) is 12.8. The average molecular weight is 919 g/mol. The summed E-state index contributed by atoms with van der Waals surface area (Å²) in [6.45, 7) is 20.4. The van der Waals surface area contributed by atoms with Gasteiger partial charge in [0.25, 0.3) is 0 Å². The minimum absolute atomic E-state index is 0.00133. The van der Waals surface area contributed by atoms with Crippen LogP contribution >= 0.6 is 0 Å². The Labute approximate surface area is 394 Å². The van der Waals surface area contributed by atoms with Crippen molar-refractivity contribution in [1.82, 2.24) is 0 Å². The van der Waals surface area contributed by atoms with Crippen molar-refractivity contribution in [2.75, 3.05) is 0 Å². The molecule has 9 nitrogen and oxygen atoms in total. The summed E-state index contributed by atoms with van der Waals surface area (Å²) in [4.78, 5) is 13.0. The Morgan fingerprint density at radius 2 is 1.03 bits per heavy atom. The van der Waals surface area contributed by atoms with Gasteiger partial charge in [-0.25, -0.2) is 4.79 Å². The lowest BCUT2D eigenvalue weighted by Crippen LogP contribution is -2.53. The first-order valence-electron chi connectivity index (χ1n) is 25.9. The number of hydrogen-bond acceptors (Lipinski definition) is 9. The molecule has 10 heteroatoms. The molecule has 10 atom stereocenters. The topological polar surface area (TPSA) is 90.9 Å². The van der Waals surface area contributed by atoms with Crippen molar-refractivity contribution < 1.29 is 42.4 Å². The van der Waals surface area contributed by atoms with Crippen LogP contribution in [0.3, 0.4) is 0 Å². The molecule has 0 N–H and O–H groups in total. The lowest BCUT2D eigenvalue weighted by Gasteiger charge is -2.48. The van der Waals surface area contributed by atoms with Crippen molar-refractivity contribution in [1.29, 1.82) is 0 Å². The van der Waals surface area contributed by atoms with Gasteiger partial charge in [-0.05, 0) is 75.4 Å². The maximum absolute atomic E-state index is 13.0. The van der Waals surface area contributed by atoms with E-state index in [0.29, 0.717) is 0 Å². The molecule has 0 radical (unpaired) electrons. The molecule has 1 unspecified atom stereocenters. The summed E-state index contributed by atoms with van der Waals surface area (Å²) in [5, 5.41) is 0.0484. The molecular formula is C55H86O9Si. The molecule has 3 saturated heterocycles. The fourth-order valence-electron chi connectivity index (χ4n) is 11.4. The number of esters is 1. The van der Waals surface area contributed by atoms with Gasteiger partial charge in [-0.15, -0.1) is 0 Å². The zero-order valence-corrected chi connectivity index (χ0v) is 42.7. The van der Waals surface area contributed by atoms with Crippen molar-refractivity contribution in [2.24, 2.45) is 17.8 Å². The summed E-state index contributed by atoms with van der Waals surface area (Å²) in [5.41, 5.74) is 0. The van der Waals surface area contributed by atoms with Crippen LogP contribution in [0.25, 0.3) is 0 Å². The molecule has 0 aromatic rings. The summed E-state index contributed by atoms with van der Waals surface area (Å²) in [7, 11) is -2.19. The van der Waals surface area contributed by atoms with Crippen molar-refractivity contribution in [2.45, 2.75) is 248 Å². The van der Waals surface area contributed by atoms with Crippen molar-refractivity contribution in [3.05, 3.63) is 72.9 Å². The summed E-state index contributed by atoms with van der Waals surface area (Å²) in [6.07, 6.45) is 40.6. The highest BCUT2D eigenvalue weighted by atomic mass is 28.4. The Bertz CT molecular complexity index is 1720. The zero-order valence-electron chi connectivity index (χ0n) is 41.7. The third kappa shape index (κ3) is 13.8. The third-order valence-corrected chi connectivity index (χ3v) is 20.3. The van der Waals surface area contributed by atoms with Crippen LogP contribution in [0.5, 0.6) is 0 Å². The van der Waals surface area contributed by atoms with Crippen LogP contribution < -0.4 is 0 Å². The Kier molecular flexibility index (Phi) is 17.2. The van der Waals surface area contributed by atoms with Gasteiger partial charge in [0, 0.05) is 88.2 Å². The molecule has 3 saturated carbocycles. The van der Waals surface area contributed by atoms with E-state index >= 15 is 0 Å². The number of allylic oxidation sites excluding steroid dienone is 8. The highest BCUT2D eigenvalue weighted by Gasteiger charge is 2.51. The fraction of sp³-hybridized carbons (Fsp3) is 0.764. The molecule has 0 amide bonds. The van der Waals surface area contributed by atoms with Crippen molar-refractivity contribution in [3.8, 4) is 0 Å². The van der Waals surface area contributed by atoms with E-state index in [0.717, 1.165) is 116 Å². The SMILES string of the molecule is CC(C)C1OC(=O)/C=C/C=C/C=C/C=C/C=C/[C@H](C)[C@H]2C[C@@H](C[C@H]3C[C@H](C[C@H](O[Si](C)(C)C(C)(C)C)C[C@@H]4C[C@H](C=C[C@@H]1C)OC1(CCCC1)O4)OC1(CCCC1)O3)OC1(CCCC1)O2. The molecule has 364 valence electrons. The summed E-state index contributed by atoms with van der Waals surface area (Å²) < 4.78 is 55.8. The second-order valence-corrected chi connectivity index (χ2v) is 27.4. The Morgan fingerprint density at radius 1 is 0.569 bits per heavy atom. The van der Waals surface area contributed by atoms with Crippen molar-refractivity contribution in [3.63, 3.8) is 0 Å². The number of ether oxygens (including phenoxy) is 7. The van der Waals surface area contributed by atoms with Gasteiger partial charge in [0.2, 0.25) is 0 Å². The molecule has 0 aromatic heterocycles. The highest BCUT2D eigenvalue weighted by Crippen LogP contribution is 2.48.